The van der Waals surface area contributed by atoms with Crippen LogP contribution >= 0.6 is 0 Å². The summed E-state index contributed by atoms with van der Waals surface area (Å²) < 4.78 is 79.5. The number of benzene rings is 2. The van der Waals surface area contributed by atoms with Crippen LogP contribution in [-0.4, -0.2) is 39.9 Å². The highest BCUT2D eigenvalue weighted by atomic mass is 32.2. The maximum absolute atomic E-state index is 13.2. The average molecular weight is 456 g/mol. The average Bonchev–Trinajstić information content (AvgIpc) is 3.17. The van der Waals surface area contributed by atoms with E-state index in [0.717, 1.165) is 6.26 Å². The minimum Gasteiger partial charge on any atom is -0.497 e. The number of nitrogens with zero attached hydrogens (tertiary/aromatic N) is 1. The molecule has 1 heterocycles. The summed E-state index contributed by atoms with van der Waals surface area (Å²) in [4.78, 5) is 3.66. The van der Waals surface area contributed by atoms with Gasteiger partial charge >= 0.3 is 12.1 Å². The van der Waals surface area contributed by atoms with Gasteiger partial charge in [0.05, 0.1) is 13.4 Å². The highest BCUT2D eigenvalue weighted by molar-refractivity contribution is 7.88. The summed E-state index contributed by atoms with van der Waals surface area (Å²) in [5, 5.41) is 0. The normalized spacial score (nSPS) is 12.0. The first-order valence-electron chi connectivity index (χ1n) is 8.97. The Bertz CT molecular complexity index is 1130. The lowest BCUT2D eigenvalue weighted by molar-refractivity contribution is -0.156. The molecule has 0 saturated carbocycles. The number of halogens is 3. The summed E-state index contributed by atoms with van der Waals surface area (Å²) in [5.41, 5.74) is 0.846. The van der Waals surface area contributed by atoms with Crippen molar-refractivity contribution in [3.05, 3.63) is 54.4 Å². The fourth-order valence-electron chi connectivity index (χ4n) is 2.68. The van der Waals surface area contributed by atoms with Crippen molar-refractivity contribution >= 4 is 10.0 Å². The first-order valence-corrected chi connectivity index (χ1v) is 10.9. The Balaban J connectivity index is 1.86. The summed E-state index contributed by atoms with van der Waals surface area (Å²) in [6.45, 7) is 0.170. The fourth-order valence-corrected chi connectivity index (χ4v) is 3.13. The van der Waals surface area contributed by atoms with Crippen LogP contribution in [0.5, 0.6) is 11.5 Å². The molecule has 0 aliphatic carbocycles. The second-order valence-corrected chi connectivity index (χ2v) is 8.30. The van der Waals surface area contributed by atoms with Gasteiger partial charge in [-0.2, -0.15) is 13.2 Å². The molecule has 166 valence electrons. The molecule has 0 saturated heterocycles. The van der Waals surface area contributed by atoms with Gasteiger partial charge in [-0.05, 0) is 48.5 Å². The Morgan fingerprint density at radius 1 is 1.00 bits per heavy atom. The number of ether oxygens (including phenoxy) is 2. The fraction of sp³-hybridized carbons (Fsp3) is 0.250. The van der Waals surface area contributed by atoms with Gasteiger partial charge < -0.3 is 13.9 Å². The van der Waals surface area contributed by atoms with E-state index in [1.807, 2.05) is 0 Å². The highest BCUT2D eigenvalue weighted by Crippen LogP contribution is 2.39. The molecule has 0 amide bonds. The van der Waals surface area contributed by atoms with Crippen molar-refractivity contribution in [2.75, 3.05) is 26.5 Å². The molecule has 0 radical (unpaired) electrons. The van der Waals surface area contributed by atoms with Gasteiger partial charge in [-0.3, -0.25) is 0 Å². The van der Waals surface area contributed by atoms with Crippen LogP contribution in [0.4, 0.5) is 13.2 Å². The maximum atomic E-state index is 13.2. The Morgan fingerprint density at radius 2 is 1.58 bits per heavy atom. The van der Waals surface area contributed by atoms with Crippen LogP contribution in [0.3, 0.4) is 0 Å². The minimum absolute atomic E-state index is 0.0391. The van der Waals surface area contributed by atoms with Gasteiger partial charge in [0.2, 0.25) is 10.0 Å². The number of oxazole rings is 1. The number of methoxy groups -OCH3 is 1. The van der Waals surface area contributed by atoms with Crippen LogP contribution in [0.2, 0.25) is 0 Å². The Hall–Kier alpha value is -3.05. The van der Waals surface area contributed by atoms with E-state index in [2.05, 4.69) is 9.71 Å². The van der Waals surface area contributed by atoms with Crippen molar-refractivity contribution < 1.29 is 35.5 Å². The molecule has 31 heavy (non-hydrogen) atoms. The molecule has 3 rings (SSSR count). The molecular formula is C20H19F3N2O5S. The molecule has 0 fully saturated rings. The molecule has 0 spiro atoms. The number of nitrogens with one attached hydrogen (secondary N) is 1. The third-order valence-electron chi connectivity index (χ3n) is 4.08. The van der Waals surface area contributed by atoms with Gasteiger partial charge in [0.15, 0.2) is 5.76 Å². The number of aromatic nitrogens is 1. The Morgan fingerprint density at radius 3 is 2.13 bits per heavy atom. The van der Waals surface area contributed by atoms with Crippen molar-refractivity contribution in [1.29, 1.82) is 0 Å². The van der Waals surface area contributed by atoms with Gasteiger partial charge in [0, 0.05) is 17.7 Å². The van der Waals surface area contributed by atoms with Crippen LogP contribution in [0.25, 0.3) is 22.6 Å². The quantitative estimate of drug-likeness (QED) is 0.516. The Kier molecular flexibility index (Phi) is 6.56. The second kappa shape index (κ2) is 8.98. The predicted molar refractivity (Wildman–Crippen MR) is 107 cm³/mol. The van der Waals surface area contributed by atoms with E-state index >= 15 is 0 Å². The van der Waals surface area contributed by atoms with Crippen LogP contribution in [0, 0.1) is 0 Å². The molecule has 1 N–H and O–H groups in total. The second-order valence-electron chi connectivity index (χ2n) is 6.46. The summed E-state index contributed by atoms with van der Waals surface area (Å²) in [7, 11) is -1.83. The molecule has 0 unspecified atom stereocenters. The molecule has 2 aromatic carbocycles. The van der Waals surface area contributed by atoms with Crippen molar-refractivity contribution in [3.63, 3.8) is 0 Å². The van der Waals surface area contributed by atoms with E-state index in [4.69, 9.17) is 13.9 Å². The zero-order chi connectivity index (χ0) is 22.6. The van der Waals surface area contributed by atoms with Crippen molar-refractivity contribution in [2.24, 2.45) is 0 Å². The van der Waals surface area contributed by atoms with Crippen molar-refractivity contribution in [3.8, 4) is 34.1 Å². The van der Waals surface area contributed by atoms with Gasteiger partial charge in [-0.15, -0.1) is 0 Å². The van der Waals surface area contributed by atoms with Gasteiger partial charge in [0.25, 0.3) is 0 Å². The summed E-state index contributed by atoms with van der Waals surface area (Å²) >= 11 is 0. The number of hydrogen-bond donors (Lipinski definition) is 1. The standard InChI is InChI=1S/C20H19F3N2O5S/c1-28-15-7-3-13(4-8-15)17-18(30-19(25-17)20(21,22)23)14-5-9-16(10-6-14)29-12-11-24-31(2,26)27/h3-10,24H,11-12H2,1-2H3. The molecule has 0 aliphatic rings. The highest BCUT2D eigenvalue weighted by Gasteiger charge is 2.39. The van der Waals surface area contributed by atoms with Crippen LogP contribution in [0.15, 0.2) is 52.9 Å². The monoisotopic (exact) mass is 456 g/mol. The topological polar surface area (TPSA) is 90.7 Å². The summed E-state index contributed by atoms with van der Waals surface area (Å²) in [5.74, 6) is -0.416. The van der Waals surface area contributed by atoms with E-state index in [1.165, 1.54) is 19.2 Å². The number of hydrogen-bond acceptors (Lipinski definition) is 6. The number of sulfonamides is 1. The predicted octanol–water partition coefficient (Wildman–Crippen LogP) is 3.96. The van der Waals surface area contributed by atoms with E-state index in [1.54, 1.807) is 36.4 Å². The van der Waals surface area contributed by atoms with Gasteiger partial charge in [-0.25, -0.2) is 18.1 Å². The first-order chi connectivity index (χ1) is 14.6. The van der Waals surface area contributed by atoms with Gasteiger partial charge in [0.1, 0.15) is 23.8 Å². The summed E-state index contributed by atoms with van der Waals surface area (Å²) in [6.07, 6.45) is -3.70. The van der Waals surface area contributed by atoms with Crippen molar-refractivity contribution in [2.45, 2.75) is 6.18 Å². The third-order valence-corrected chi connectivity index (χ3v) is 4.81. The molecule has 0 aliphatic heterocycles. The summed E-state index contributed by atoms with van der Waals surface area (Å²) in [6, 6.07) is 12.6. The maximum Gasteiger partial charge on any atom is 0.468 e. The van der Waals surface area contributed by atoms with Gasteiger partial charge in [-0.1, -0.05) is 0 Å². The lowest BCUT2D eigenvalue weighted by Crippen LogP contribution is -2.26. The number of alkyl halides is 3. The largest absolute Gasteiger partial charge is 0.497 e. The van der Waals surface area contributed by atoms with E-state index in [9.17, 15) is 21.6 Å². The Labute approximate surface area is 176 Å². The van der Waals surface area contributed by atoms with Crippen LogP contribution in [-0.2, 0) is 16.2 Å². The van der Waals surface area contributed by atoms with E-state index < -0.39 is 22.1 Å². The molecule has 0 atom stereocenters. The van der Waals surface area contributed by atoms with Crippen molar-refractivity contribution in [1.82, 2.24) is 9.71 Å². The molecule has 0 bridgehead atoms. The minimum atomic E-state index is -4.74. The lowest BCUT2D eigenvalue weighted by atomic mass is 10.1. The molecule has 1 aromatic heterocycles. The van der Waals surface area contributed by atoms with Crippen LogP contribution in [0.1, 0.15) is 5.89 Å². The zero-order valence-electron chi connectivity index (χ0n) is 16.6. The lowest BCUT2D eigenvalue weighted by Gasteiger charge is -2.08. The smallest absolute Gasteiger partial charge is 0.468 e. The third kappa shape index (κ3) is 5.98. The molecule has 7 nitrogen and oxygen atoms in total. The SMILES string of the molecule is COc1ccc(-c2nc(C(F)(F)F)oc2-c2ccc(OCCNS(C)(=O)=O)cc2)cc1. The molecule has 3 aromatic rings. The molecular weight excluding hydrogens is 437 g/mol. The van der Waals surface area contributed by atoms with Crippen LogP contribution < -0.4 is 14.2 Å². The zero-order valence-corrected chi connectivity index (χ0v) is 17.4. The van der Waals surface area contributed by atoms with E-state index in [-0.39, 0.29) is 24.6 Å². The number of rotatable bonds is 8. The molecule has 11 heteroatoms. The first kappa shape index (κ1) is 22.6. The van der Waals surface area contributed by atoms with E-state index in [0.29, 0.717) is 22.6 Å².